The molecule has 3 N–H and O–H groups in total. The smallest absolute Gasteiger partial charge is 0.417 e. The highest BCUT2D eigenvalue weighted by atomic mass is 35.5. The van der Waals surface area contributed by atoms with Crippen LogP contribution in [0.4, 0.5) is 37.7 Å². The second kappa shape index (κ2) is 21.3. The van der Waals surface area contributed by atoms with Crippen LogP contribution in [-0.4, -0.2) is 74.3 Å². The first-order valence-corrected chi connectivity index (χ1v) is 23.8. The minimum atomic E-state index is -4.92. The van der Waals surface area contributed by atoms with E-state index in [0.717, 1.165) is 54.9 Å². The minimum absolute atomic E-state index is 0.0180. The number of amides is 1. The third kappa shape index (κ3) is 12.6. The van der Waals surface area contributed by atoms with E-state index in [-0.39, 0.29) is 37.3 Å². The van der Waals surface area contributed by atoms with E-state index in [9.17, 15) is 67.5 Å². The quantitative estimate of drug-likeness (QED) is 0.0775. The Hall–Kier alpha value is -5.72. The number of aromatic nitrogens is 2. The summed E-state index contributed by atoms with van der Waals surface area (Å²) in [6.07, 6.45) is -7.74. The number of benzene rings is 4. The largest absolute Gasteiger partial charge is 0.478 e. The highest BCUT2D eigenvalue weighted by Crippen LogP contribution is 2.38. The monoisotopic (exact) mass is 1130 g/mol. The lowest BCUT2D eigenvalue weighted by atomic mass is 10.0. The predicted octanol–water partition coefficient (Wildman–Crippen LogP) is 11.6. The number of hydrogen-bond donors (Lipinski definition) is 3. The average Bonchev–Trinajstić information content (AvgIpc) is 3.25. The van der Waals surface area contributed by atoms with Crippen LogP contribution in [0.25, 0.3) is 0 Å². The lowest BCUT2D eigenvalue weighted by molar-refractivity contribution is -0.138. The van der Waals surface area contributed by atoms with Crippen LogP contribution >= 0.6 is 69.6 Å². The molecule has 0 saturated carbocycles. The Morgan fingerprint density at radius 2 is 0.914 bits per heavy atom. The highest BCUT2D eigenvalue weighted by molar-refractivity contribution is 7.93. The number of pyridine rings is 2. The molecule has 0 atom stereocenters. The van der Waals surface area contributed by atoms with Crippen molar-refractivity contribution < 1.29 is 67.5 Å². The number of ketones is 2. The summed E-state index contributed by atoms with van der Waals surface area (Å²) in [6, 6.07) is 13.7. The summed E-state index contributed by atoms with van der Waals surface area (Å²) in [5, 5.41) is 7.01. The number of rotatable bonds is 12. The fraction of sp³-hybridized carbons (Fsp3) is 0.0952. The molecule has 0 spiro atoms. The second-order valence-corrected chi connectivity index (χ2v) is 19.9. The lowest BCUT2D eigenvalue weighted by Crippen LogP contribution is -2.23. The first kappa shape index (κ1) is 55.2. The Bertz CT molecular complexity index is 3350. The number of hydrogen-bond acceptors (Lipinski definition) is 10. The van der Waals surface area contributed by atoms with Gasteiger partial charge in [-0.05, 0) is 72.8 Å². The van der Waals surface area contributed by atoms with Gasteiger partial charge in [0.25, 0.3) is 26.0 Å². The summed E-state index contributed by atoms with van der Waals surface area (Å²) >= 11 is 35.2. The van der Waals surface area contributed by atoms with E-state index in [1.54, 1.807) is 0 Å². The predicted molar refractivity (Wildman–Crippen MR) is 248 cm³/mol. The Morgan fingerprint density at radius 1 is 0.557 bits per heavy atom. The zero-order valence-corrected chi connectivity index (χ0v) is 40.8. The molecule has 14 nitrogen and oxygen atoms in total. The van der Waals surface area contributed by atoms with Crippen LogP contribution in [0, 0.1) is 0 Å². The Morgan fingerprint density at radius 3 is 1.27 bits per heavy atom. The van der Waals surface area contributed by atoms with Gasteiger partial charge in [0.15, 0.2) is 0 Å². The summed E-state index contributed by atoms with van der Waals surface area (Å²) in [5.74, 6) is -3.72. The first-order valence-electron chi connectivity index (χ1n) is 18.6. The maximum Gasteiger partial charge on any atom is 0.417 e. The molecule has 6 aromatic rings. The third-order valence-corrected chi connectivity index (χ3v) is 13.7. The van der Waals surface area contributed by atoms with Gasteiger partial charge in [-0.25, -0.2) is 31.6 Å². The van der Waals surface area contributed by atoms with E-state index in [0.29, 0.717) is 12.1 Å². The molecule has 0 unspecified atom stereocenters. The van der Waals surface area contributed by atoms with Crippen molar-refractivity contribution in [1.29, 1.82) is 0 Å². The molecule has 0 fully saturated rings. The van der Waals surface area contributed by atoms with Crippen LogP contribution in [-0.2, 0) is 32.4 Å². The number of halogens is 12. The first-order chi connectivity index (χ1) is 32.3. The van der Waals surface area contributed by atoms with Gasteiger partial charge in [-0.15, -0.1) is 0 Å². The molecule has 0 radical (unpaired) electrons. The third-order valence-electron chi connectivity index (χ3n) is 9.09. The van der Waals surface area contributed by atoms with Crippen molar-refractivity contribution in [3.8, 4) is 0 Å². The number of anilines is 2. The molecular weight excluding hydrogens is 1110 g/mol. The maximum absolute atomic E-state index is 13.3. The van der Waals surface area contributed by atoms with Gasteiger partial charge in [0, 0.05) is 37.6 Å². The van der Waals surface area contributed by atoms with Gasteiger partial charge in [0.1, 0.15) is 11.4 Å². The zero-order valence-electron chi connectivity index (χ0n) is 34.6. The van der Waals surface area contributed by atoms with Gasteiger partial charge >= 0.3 is 18.3 Å². The molecule has 6 rings (SSSR count). The number of carboxylic acids is 1. The molecule has 0 bridgehead atoms. The second-order valence-electron chi connectivity index (χ2n) is 14.1. The van der Waals surface area contributed by atoms with Crippen LogP contribution in [0.3, 0.4) is 0 Å². The van der Waals surface area contributed by atoms with E-state index in [1.165, 1.54) is 49.3 Å². The van der Waals surface area contributed by atoms with E-state index in [1.807, 2.05) is 9.44 Å². The van der Waals surface area contributed by atoms with E-state index in [4.69, 9.17) is 69.6 Å². The van der Waals surface area contributed by atoms with Crippen LogP contribution in [0.15, 0.2) is 107 Å². The summed E-state index contributed by atoms with van der Waals surface area (Å²) in [7, 11) is -6.37. The average molecular weight is 1130 g/mol. The molecule has 70 heavy (non-hydrogen) atoms. The molecule has 1 amide bonds. The normalized spacial score (nSPS) is 11.8. The van der Waals surface area contributed by atoms with Crippen molar-refractivity contribution in [2.24, 2.45) is 0 Å². The summed E-state index contributed by atoms with van der Waals surface area (Å²) in [6.45, 7) is 0. The number of carbonyl (C=O) groups is 4. The lowest BCUT2D eigenvalue weighted by Gasteiger charge is -2.15. The maximum atomic E-state index is 13.3. The molecule has 0 aliphatic carbocycles. The molecule has 0 aliphatic heterocycles. The zero-order chi connectivity index (χ0) is 52.4. The Balaban J connectivity index is 0.000000261. The molecule has 368 valence electrons. The number of alkyl halides is 6. The standard InChI is InChI=1S/C22H15Cl3F3N3O4S.C20H10Cl3F3N2O5S/c1-31(2)21(33)14-5-3-4-13(18(14)25)20(32)19-17(8-11(23)10-29-19)30-36(34,35)12-6-7-16(24)15(9-12)22(26,27)28;21-9-6-15(28-34(32,33)10-4-5-14(22)13(7-10)20(24,25)26)17(27-8-9)18(29)11-2-1-3-12(16(11)23)19(30)31/h3-10,30H,1-2H3;1-8,28H,(H,30,31). The van der Waals surface area contributed by atoms with Gasteiger partial charge < -0.3 is 10.0 Å². The summed E-state index contributed by atoms with van der Waals surface area (Å²) in [4.78, 5) is 57.4. The number of nitrogens with one attached hydrogen (secondary N) is 2. The van der Waals surface area contributed by atoms with Gasteiger partial charge in [-0.1, -0.05) is 81.7 Å². The molecule has 4 aromatic carbocycles. The van der Waals surface area contributed by atoms with Crippen molar-refractivity contribution in [2.75, 3.05) is 23.5 Å². The molecule has 0 saturated heterocycles. The van der Waals surface area contributed by atoms with Crippen molar-refractivity contribution in [2.45, 2.75) is 22.1 Å². The molecule has 0 aliphatic rings. The SMILES string of the molecule is CN(C)C(=O)c1cccc(C(=O)c2ncc(Cl)cc2NS(=O)(=O)c2ccc(Cl)c(C(F)(F)F)c2)c1Cl.O=C(O)c1cccc(C(=O)c2ncc(Cl)cc2NS(=O)(=O)c2ccc(Cl)c(C(F)(F)F)c2)c1Cl. The van der Waals surface area contributed by atoms with Crippen LogP contribution in [0.1, 0.15) is 63.9 Å². The van der Waals surface area contributed by atoms with Crippen molar-refractivity contribution in [1.82, 2.24) is 14.9 Å². The highest BCUT2D eigenvalue weighted by Gasteiger charge is 2.36. The Kier molecular flexibility index (Phi) is 16.8. The fourth-order valence-electron chi connectivity index (χ4n) is 5.82. The van der Waals surface area contributed by atoms with E-state index in [2.05, 4.69) is 9.97 Å². The van der Waals surface area contributed by atoms with Crippen LogP contribution in [0.5, 0.6) is 0 Å². The fourth-order valence-corrected chi connectivity index (χ4v) is 9.34. The van der Waals surface area contributed by atoms with Crippen LogP contribution < -0.4 is 9.44 Å². The van der Waals surface area contributed by atoms with Crippen molar-refractivity contribution in [3.05, 3.63) is 172 Å². The van der Waals surface area contributed by atoms with Crippen molar-refractivity contribution >= 4 is 124 Å². The molecule has 2 aromatic heterocycles. The van der Waals surface area contributed by atoms with Gasteiger partial charge in [-0.3, -0.25) is 23.8 Å². The number of aromatic carboxylic acids is 1. The molecular formula is C42H25Cl6F6N5O9S2. The number of carbonyl (C=O) groups excluding carboxylic acids is 3. The number of sulfonamides is 2. The van der Waals surface area contributed by atoms with Crippen molar-refractivity contribution in [3.63, 3.8) is 0 Å². The number of carboxylic acid groups (broad SMARTS) is 1. The van der Waals surface area contributed by atoms with Gasteiger partial charge in [0.2, 0.25) is 11.6 Å². The summed E-state index contributed by atoms with van der Waals surface area (Å²) < 4.78 is 135. The van der Waals surface area contributed by atoms with E-state index < -0.39 is 115 Å². The Labute approximate surface area is 422 Å². The number of nitrogens with zero attached hydrogens (tertiary/aromatic N) is 3. The minimum Gasteiger partial charge on any atom is -0.478 e. The molecule has 28 heteroatoms. The summed E-state index contributed by atoms with van der Waals surface area (Å²) in [5.41, 5.74) is -5.44. The van der Waals surface area contributed by atoms with Crippen LogP contribution in [0.2, 0.25) is 30.1 Å². The topological polar surface area (TPSA) is 210 Å². The van der Waals surface area contributed by atoms with Gasteiger partial charge in [0.05, 0.1) is 73.6 Å². The van der Waals surface area contributed by atoms with Gasteiger partial charge in [-0.2, -0.15) is 26.3 Å². The molecule has 2 heterocycles. The van der Waals surface area contributed by atoms with E-state index >= 15 is 0 Å².